The van der Waals surface area contributed by atoms with Crippen molar-refractivity contribution >= 4 is 0 Å². The van der Waals surface area contributed by atoms with Crippen LogP contribution in [0.1, 0.15) is 32.6 Å². The van der Waals surface area contributed by atoms with Crippen molar-refractivity contribution in [2.45, 2.75) is 38.1 Å². The molecule has 1 unspecified atom stereocenters. The van der Waals surface area contributed by atoms with Crippen LogP contribution in [0.15, 0.2) is 11.6 Å². The molecule has 1 fully saturated rings. The molecule has 0 amide bonds. The molecule has 0 aromatic heterocycles. The highest BCUT2D eigenvalue weighted by Crippen LogP contribution is 2.20. The molecule has 2 aliphatic rings. The fourth-order valence-corrected chi connectivity index (χ4v) is 2.03. The van der Waals surface area contributed by atoms with Crippen LogP contribution in [0.25, 0.3) is 0 Å². The number of hydrogen-bond donors (Lipinski definition) is 1. The highest BCUT2D eigenvalue weighted by atomic mass is 16.5. The molecule has 0 radical (unpaired) electrons. The Balaban J connectivity index is 1.77. The molecule has 1 aliphatic heterocycles. The molecule has 0 spiro atoms. The summed E-state index contributed by atoms with van der Waals surface area (Å²) in [5.74, 6) is 0. The number of hydrogen-bond acceptors (Lipinski definition) is 2. The maximum Gasteiger partial charge on any atom is 0.0646 e. The van der Waals surface area contributed by atoms with Gasteiger partial charge in [-0.2, -0.15) is 0 Å². The highest BCUT2D eigenvalue weighted by molar-refractivity contribution is 5.10. The van der Waals surface area contributed by atoms with Crippen LogP contribution in [-0.2, 0) is 4.74 Å². The van der Waals surface area contributed by atoms with E-state index in [1.807, 2.05) is 0 Å². The van der Waals surface area contributed by atoms with E-state index in [0.717, 1.165) is 26.2 Å². The summed E-state index contributed by atoms with van der Waals surface area (Å²) in [4.78, 5) is 0. The lowest BCUT2D eigenvalue weighted by Crippen LogP contribution is -2.43. The predicted molar refractivity (Wildman–Crippen MR) is 53.8 cm³/mol. The van der Waals surface area contributed by atoms with E-state index in [4.69, 9.17) is 4.74 Å². The van der Waals surface area contributed by atoms with Crippen LogP contribution in [0.5, 0.6) is 0 Å². The quantitative estimate of drug-likeness (QED) is 0.671. The lowest BCUT2D eigenvalue weighted by atomic mass is 10.0. The zero-order chi connectivity index (χ0) is 9.15. The first-order valence-electron chi connectivity index (χ1n) is 5.29. The monoisotopic (exact) mass is 181 g/mol. The van der Waals surface area contributed by atoms with Crippen LogP contribution in [0, 0.1) is 0 Å². The molecule has 1 saturated heterocycles. The summed E-state index contributed by atoms with van der Waals surface area (Å²) in [6.45, 7) is 5.12. The van der Waals surface area contributed by atoms with Crippen molar-refractivity contribution in [3.63, 3.8) is 0 Å². The minimum atomic E-state index is 0.240. The van der Waals surface area contributed by atoms with Crippen LogP contribution >= 0.6 is 0 Å². The lowest BCUT2D eigenvalue weighted by Gasteiger charge is -2.23. The minimum absolute atomic E-state index is 0.240. The first-order chi connectivity index (χ1) is 6.29. The fraction of sp³-hybridized carbons (Fsp3) is 0.818. The predicted octanol–water partition coefficient (Wildman–Crippen LogP) is 1.87. The number of allylic oxidation sites excluding steroid dienone is 1. The Bertz CT molecular complexity index is 204. The molecule has 1 aliphatic carbocycles. The number of ether oxygens (including phenoxy) is 1. The largest absolute Gasteiger partial charge is 0.379 e. The van der Waals surface area contributed by atoms with Gasteiger partial charge in [-0.15, -0.1) is 0 Å². The van der Waals surface area contributed by atoms with Crippen LogP contribution in [0.2, 0.25) is 0 Å². The molecular weight excluding hydrogens is 162 g/mol. The maximum absolute atomic E-state index is 5.39. The SMILES string of the molecule is CC1(NCC2=CCCC2)CCOC1. The Hall–Kier alpha value is -0.340. The second-order valence-electron chi connectivity index (χ2n) is 4.47. The Kier molecular flexibility index (Phi) is 2.70. The molecule has 0 aromatic rings. The van der Waals surface area contributed by atoms with Gasteiger partial charge in [0.1, 0.15) is 0 Å². The average Bonchev–Trinajstić information content (AvgIpc) is 2.72. The molecule has 74 valence electrons. The molecule has 1 N–H and O–H groups in total. The van der Waals surface area contributed by atoms with Crippen LogP contribution in [0.3, 0.4) is 0 Å². The third kappa shape index (κ3) is 2.32. The molecule has 0 bridgehead atoms. The number of nitrogens with one attached hydrogen (secondary N) is 1. The standard InChI is InChI=1S/C11H19NO/c1-11(6-7-13-9-11)12-8-10-4-2-3-5-10/h4,12H,2-3,5-9H2,1H3. The first kappa shape index (κ1) is 9.22. The zero-order valence-corrected chi connectivity index (χ0v) is 8.44. The van der Waals surface area contributed by atoms with Crippen molar-refractivity contribution in [1.29, 1.82) is 0 Å². The van der Waals surface area contributed by atoms with E-state index in [9.17, 15) is 0 Å². The van der Waals surface area contributed by atoms with Crippen molar-refractivity contribution in [3.05, 3.63) is 11.6 Å². The van der Waals surface area contributed by atoms with Gasteiger partial charge in [0, 0.05) is 18.7 Å². The van der Waals surface area contributed by atoms with Crippen molar-refractivity contribution in [3.8, 4) is 0 Å². The molecule has 2 rings (SSSR count). The summed E-state index contributed by atoms with van der Waals surface area (Å²) in [5, 5.41) is 3.61. The maximum atomic E-state index is 5.39. The normalized spacial score (nSPS) is 33.8. The van der Waals surface area contributed by atoms with Gasteiger partial charge in [-0.1, -0.05) is 11.6 Å². The third-order valence-electron chi connectivity index (χ3n) is 3.10. The third-order valence-corrected chi connectivity index (χ3v) is 3.10. The Labute approximate surface area is 80.4 Å². The van der Waals surface area contributed by atoms with E-state index in [2.05, 4.69) is 18.3 Å². The summed E-state index contributed by atoms with van der Waals surface area (Å²) < 4.78 is 5.39. The van der Waals surface area contributed by atoms with Crippen molar-refractivity contribution in [2.75, 3.05) is 19.8 Å². The molecule has 1 heterocycles. The molecule has 13 heavy (non-hydrogen) atoms. The van der Waals surface area contributed by atoms with Gasteiger partial charge >= 0.3 is 0 Å². The molecule has 2 nitrogen and oxygen atoms in total. The summed E-state index contributed by atoms with van der Waals surface area (Å²) in [6.07, 6.45) is 7.46. The van der Waals surface area contributed by atoms with Gasteiger partial charge in [0.05, 0.1) is 6.61 Å². The lowest BCUT2D eigenvalue weighted by molar-refractivity contribution is 0.173. The van der Waals surface area contributed by atoms with Crippen molar-refractivity contribution in [2.24, 2.45) is 0 Å². The van der Waals surface area contributed by atoms with E-state index in [-0.39, 0.29) is 5.54 Å². The zero-order valence-electron chi connectivity index (χ0n) is 8.44. The van der Waals surface area contributed by atoms with E-state index in [0.29, 0.717) is 0 Å². The molecule has 0 saturated carbocycles. The van der Waals surface area contributed by atoms with Gasteiger partial charge in [-0.3, -0.25) is 0 Å². The summed E-state index contributed by atoms with van der Waals surface area (Å²) in [6, 6.07) is 0. The summed E-state index contributed by atoms with van der Waals surface area (Å²) in [7, 11) is 0. The average molecular weight is 181 g/mol. The molecule has 2 heteroatoms. The highest BCUT2D eigenvalue weighted by Gasteiger charge is 2.28. The van der Waals surface area contributed by atoms with Gasteiger partial charge < -0.3 is 10.1 Å². The summed E-state index contributed by atoms with van der Waals surface area (Å²) >= 11 is 0. The molecule has 0 aromatic carbocycles. The summed E-state index contributed by atoms with van der Waals surface area (Å²) in [5.41, 5.74) is 1.83. The van der Waals surface area contributed by atoms with Gasteiger partial charge in [0.25, 0.3) is 0 Å². The van der Waals surface area contributed by atoms with E-state index in [1.165, 1.54) is 19.3 Å². The number of rotatable bonds is 3. The Morgan fingerprint density at radius 3 is 3.15 bits per heavy atom. The van der Waals surface area contributed by atoms with Crippen LogP contribution < -0.4 is 5.32 Å². The van der Waals surface area contributed by atoms with Gasteiger partial charge in [0.2, 0.25) is 0 Å². The fourth-order valence-electron chi connectivity index (χ4n) is 2.03. The second kappa shape index (κ2) is 3.81. The van der Waals surface area contributed by atoms with E-state index < -0.39 is 0 Å². The van der Waals surface area contributed by atoms with E-state index in [1.54, 1.807) is 5.57 Å². The first-order valence-corrected chi connectivity index (χ1v) is 5.29. The van der Waals surface area contributed by atoms with Crippen LogP contribution in [-0.4, -0.2) is 25.3 Å². The van der Waals surface area contributed by atoms with Crippen molar-refractivity contribution < 1.29 is 4.74 Å². The molecule has 1 atom stereocenters. The Morgan fingerprint density at radius 1 is 1.62 bits per heavy atom. The second-order valence-corrected chi connectivity index (χ2v) is 4.47. The minimum Gasteiger partial charge on any atom is -0.379 e. The Morgan fingerprint density at radius 2 is 2.54 bits per heavy atom. The topological polar surface area (TPSA) is 21.3 Å². The van der Waals surface area contributed by atoms with Crippen LogP contribution in [0.4, 0.5) is 0 Å². The van der Waals surface area contributed by atoms with Crippen molar-refractivity contribution in [1.82, 2.24) is 5.32 Å². The van der Waals surface area contributed by atoms with Gasteiger partial charge in [-0.25, -0.2) is 0 Å². The smallest absolute Gasteiger partial charge is 0.0646 e. The molecular formula is C11H19NO. The van der Waals surface area contributed by atoms with Gasteiger partial charge in [0.15, 0.2) is 0 Å². The van der Waals surface area contributed by atoms with E-state index >= 15 is 0 Å². The van der Waals surface area contributed by atoms with Gasteiger partial charge in [-0.05, 0) is 32.6 Å².